The van der Waals surface area contributed by atoms with Crippen LogP contribution in [-0.2, 0) is 31.8 Å². The van der Waals surface area contributed by atoms with E-state index in [0.29, 0.717) is 38.6 Å². The molecule has 0 saturated carbocycles. The minimum atomic E-state index is -2.63. The first kappa shape index (κ1) is 19.4. The van der Waals surface area contributed by atoms with E-state index in [1.54, 1.807) is 6.66 Å². The van der Waals surface area contributed by atoms with Crippen molar-refractivity contribution in [2.24, 2.45) is 0 Å². The van der Waals surface area contributed by atoms with Crippen LogP contribution in [0.3, 0.4) is 0 Å². The monoisotopic (exact) mass is 360 g/mol. The number of esters is 1. The lowest BCUT2D eigenvalue weighted by molar-refractivity contribution is -0.145. The molecule has 0 fully saturated rings. The quantitative estimate of drug-likeness (QED) is 0.339. The van der Waals surface area contributed by atoms with E-state index in [4.69, 9.17) is 9.26 Å². The molecule has 0 saturated heterocycles. The standard InChI is InChI=1S/C20H25O4P/c1-25(22,24-17-19-12-6-3-7-13-19)15-9-8-14-20(21)23-16-18-10-4-2-5-11-18/h2-7,10-13H,8-9,14-17H2,1H3. The van der Waals surface area contributed by atoms with Gasteiger partial charge in [-0.1, -0.05) is 60.7 Å². The maximum Gasteiger partial charge on any atom is 0.306 e. The number of carbonyl (C=O) groups is 1. The van der Waals surface area contributed by atoms with Crippen LogP contribution < -0.4 is 0 Å². The Morgan fingerprint density at radius 1 is 0.880 bits per heavy atom. The summed E-state index contributed by atoms with van der Waals surface area (Å²) < 4.78 is 23.2. The number of hydrogen-bond acceptors (Lipinski definition) is 4. The lowest BCUT2D eigenvalue weighted by atomic mass is 10.2. The Morgan fingerprint density at radius 3 is 2.04 bits per heavy atom. The lowest BCUT2D eigenvalue weighted by Crippen LogP contribution is -2.05. The third-order valence-corrected chi connectivity index (χ3v) is 5.59. The summed E-state index contributed by atoms with van der Waals surface area (Å²) in [6, 6.07) is 19.3. The number of unbranched alkanes of at least 4 members (excludes halogenated alkanes) is 1. The fraction of sp³-hybridized carbons (Fsp3) is 0.350. The largest absolute Gasteiger partial charge is 0.461 e. The Kier molecular flexibility index (Phi) is 7.90. The van der Waals surface area contributed by atoms with E-state index in [1.807, 2.05) is 60.7 Å². The first-order valence-electron chi connectivity index (χ1n) is 8.50. The second-order valence-electron chi connectivity index (χ2n) is 6.10. The zero-order valence-electron chi connectivity index (χ0n) is 14.6. The molecule has 0 heterocycles. The van der Waals surface area contributed by atoms with Gasteiger partial charge < -0.3 is 9.26 Å². The molecule has 134 valence electrons. The topological polar surface area (TPSA) is 52.6 Å². The number of hydrogen-bond donors (Lipinski definition) is 0. The van der Waals surface area contributed by atoms with Gasteiger partial charge in [-0.2, -0.15) is 0 Å². The molecule has 5 heteroatoms. The smallest absolute Gasteiger partial charge is 0.306 e. The molecule has 0 amide bonds. The molecule has 0 aliphatic heterocycles. The first-order chi connectivity index (χ1) is 12.1. The van der Waals surface area contributed by atoms with Crippen molar-refractivity contribution in [3.8, 4) is 0 Å². The molecule has 0 bridgehead atoms. The predicted octanol–water partition coefficient (Wildman–Crippen LogP) is 5.02. The highest BCUT2D eigenvalue weighted by Crippen LogP contribution is 2.44. The fourth-order valence-electron chi connectivity index (χ4n) is 2.33. The zero-order chi connectivity index (χ0) is 18.0. The van der Waals surface area contributed by atoms with Crippen molar-refractivity contribution in [2.75, 3.05) is 12.8 Å². The molecule has 0 N–H and O–H groups in total. The molecule has 2 aromatic rings. The van der Waals surface area contributed by atoms with Crippen LogP contribution in [0, 0.1) is 0 Å². The zero-order valence-corrected chi connectivity index (χ0v) is 15.5. The van der Waals surface area contributed by atoms with Gasteiger partial charge in [-0.05, 0) is 24.0 Å². The summed E-state index contributed by atoms with van der Waals surface area (Å²) in [5.74, 6) is -0.222. The van der Waals surface area contributed by atoms with E-state index >= 15 is 0 Å². The Hall–Kier alpha value is -1.90. The van der Waals surface area contributed by atoms with Crippen LogP contribution in [0.5, 0.6) is 0 Å². The van der Waals surface area contributed by atoms with Gasteiger partial charge in [0, 0.05) is 19.2 Å². The van der Waals surface area contributed by atoms with Gasteiger partial charge in [0.2, 0.25) is 7.37 Å². The predicted molar refractivity (Wildman–Crippen MR) is 99.7 cm³/mol. The molecule has 2 rings (SSSR count). The Balaban J connectivity index is 1.59. The molecule has 4 nitrogen and oxygen atoms in total. The summed E-state index contributed by atoms with van der Waals surface area (Å²) in [4.78, 5) is 11.7. The third-order valence-electron chi connectivity index (χ3n) is 3.78. The van der Waals surface area contributed by atoms with Crippen molar-refractivity contribution in [3.63, 3.8) is 0 Å². The van der Waals surface area contributed by atoms with Crippen LogP contribution in [0.2, 0.25) is 0 Å². The summed E-state index contributed by atoms with van der Waals surface area (Å²) in [5, 5.41) is 0. The van der Waals surface area contributed by atoms with Gasteiger partial charge in [0.15, 0.2) is 0 Å². The summed E-state index contributed by atoms with van der Waals surface area (Å²) in [6.45, 7) is 2.31. The molecular weight excluding hydrogens is 335 g/mol. The van der Waals surface area contributed by atoms with E-state index in [1.165, 1.54) is 0 Å². The minimum absolute atomic E-state index is 0.222. The first-order valence-corrected chi connectivity index (χ1v) is 10.8. The Labute approximate surface area is 149 Å². The average Bonchev–Trinajstić information content (AvgIpc) is 2.64. The van der Waals surface area contributed by atoms with Crippen molar-refractivity contribution in [1.29, 1.82) is 0 Å². The highest BCUT2D eigenvalue weighted by molar-refractivity contribution is 7.58. The van der Waals surface area contributed by atoms with E-state index in [0.717, 1.165) is 11.1 Å². The summed E-state index contributed by atoms with van der Waals surface area (Å²) >= 11 is 0. The Bertz CT molecular complexity index is 685. The highest BCUT2D eigenvalue weighted by Gasteiger charge is 2.16. The van der Waals surface area contributed by atoms with E-state index < -0.39 is 7.37 Å². The van der Waals surface area contributed by atoms with Crippen molar-refractivity contribution in [3.05, 3.63) is 71.8 Å². The molecule has 0 aliphatic carbocycles. The average molecular weight is 360 g/mol. The molecule has 0 radical (unpaired) electrons. The van der Waals surface area contributed by atoms with Crippen molar-refractivity contribution >= 4 is 13.3 Å². The van der Waals surface area contributed by atoms with Gasteiger partial charge in [0.1, 0.15) is 6.61 Å². The highest BCUT2D eigenvalue weighted by atomic mass is 31.2. The van der Waals surface area contributed by atoms with Crippen LogP contribution in [0.4, 0.5) is 0 Å². The molecule has 0 spiro atoms. The number of benzene rings is 2. The normalized spacial score (nSPS) is 13.2. The molecule has 0 aliphatic rings. The summed E-state index contributed by atoms with van der Waals surface area (Å²) in [7, 11) is -2.63. The second kappa shape index (κ2) is 10.2. The summed E-state index contributed by atoms with van der Waals surface area (Å²) in [6.07, 6.45) is 2.15. The molecule has 2 aromatic carbocycles. The van der Waals surface area contributed by atoms with Gasteiger partial charge in [-0.15, -0.1) is 0 Å². The van der Waals surface area contributed by atoms with E-state index in [-0.39, 0.29) is 5.97 Å². The van der Waals surface area contributed by atoms with Gasteiger partial charge in [0.25, 0.3) is 0 Å². The fourth-order valence-corrected chi connectivity index (χ4v) is 3.68. The maximum absolute atomic E-state index is 12.4. The molecule has 1 unspecified atom stereocenters. The minimum Gasteiger partial charge on any atom is -0.461 e. The molecule has 1 atom stereocenters. The molecule has 0 aromatic heterocycles. The van der Waals surface area contributed by atoms with Crippen molar-refractivity contribution in [1.82, 2.24) is 0 Å². The maximum atomic E-state index is 12.4. The lowest BCUT2D eigenvalue weighted by Gasteiger charge is -2.13. The number of carbonyl (C=O) groups excluding carboxylic acids is 1. The van der Waals surface area contributed by atoms with Gasteiger partial charge >= 0.3 is 5.97 Å². The van der Waals surface area contributed by atoms with Gasteiger partial charge in [-0.3, -0.25) is 9.36 Å². The van der Waals surface area contributed by atoms with Gasteiger partial charge in [-0.25, -0.2) is 0 Å². The molecule has 25 heavy (non-hydrogen) atoms. The van der Waals surface area contributed by atoms with Crippen molar-refractivity contribution in [2.45, 2.75) is 32.5 Å². The summed E-state index contributed by atoms with van der Waals surface area (Å²) in [5.41, 5.74) is 1.98. The van der Waals surface area contributed by atoms with Crippen LogP contribution >= 0.6 is 7.37 Å². The van der Waals surface area contributed by atoms with Crippen LogP contribution in [0.1, 0.15) is 30.4 Å². The van der Waals surface area contributed by atoms with Gasteiger partial charge in [0.05, 0.1) is 6.61 Å². The second-order valence-corrected chi connectivity index (χ2v) is 8.83. The van der Waals surface area contributed by atoms with Crippen LogP contribution in [0.25, 0.3) is 0 Å². The van der Waals surface area contributed by atoms with E-state index in [2.05, 4.69) is 0 Å². The number of ether oxygens (including phenoxy) is 1. The van der Waals surface area contributed by atoms with E-state index in [9.17, 15) is 9.36 Å². The SMILES string of the molecule is CP(=O)(CCCCC(=O)OCc1ccccc1)OCc1ccccc1. The van der Waals surface area contributed by atoms with Crippen molar-refractivity contribution < 1.29 is 18.6 Å². The Morgan fingerprint density at radius 2 is 1.44 bits per heavy atom. The third kappa shape index (κ3) is 8.15. The number of rotatable bonds is 10. The van der Waals surface area contributed by atoms with Crippen LogP contribution in [0.15, 0.2) is 60.7 Å². The molecular formula is C20H25O4P. The van der Waals surface area contributed by atoms with Crippen LogP contribution in [-0.4, -0.2) is 18.8 Å².